The molecule has 0 spiro atoms. The minimum Gasteiger partial charge on any atom is -0.251 e. The van der Waals surface area contributed by atoms with Crippen molar-refractivity contribution in [2.75, 3.05) is 0 Å². The van der Waals surface area contributed by atoms with Gasteiger partial charge in [-0.1, -0.05) is 42.5 Å². The predicted molar refractivity (Wildman–Crippen MR) is 82.2 cm³/mol. The molecule has 21 heavy (non-hydrogen) atoms. The van der Waals surface area contributed by atoms with Crippen LogP contribution in [0.5, 0.6) is 0 Å². The first-order chi connectivity index (χ1) is 10.1. The zero-order valence-corrected chi connectivity index (χ0v) is 12.0. The van der Waals surface area contributed by atoms with Crippen LogP contribution in [0.2, 0.25) is 0 Å². The molecule has 0 aliphatic heterocycles. The zero-order chi connectivity index (χ0) is 14.7. The number of hydrogen-bond donors (Lipinski definition) is 1. The molecule has 0 aliphatic rings. The van der Waals surface area contributed by atoms with Gasteiger partial charge in [-0.05, 0) is 24.3 Å². The SMILES string of the molecule is O=S(=O)(NCc1ccc2ccccc2n1)c1ccccc1. The third kappa shape index (κ3) is 3.09. The fourth-order valence-corrected chi connectivity index (χ4v) is 3.08. The highest BCUT2D eigenvalue weighted by Gasteiger charge is 2.13. The van der Waals surface area contributed by atoms with Gasteiger partial charge in [0.05, 0.1) is 22.7 Å². The van der Waals surface area contributed by atoms with Crippen molar-refractivity contribution < 1.29 is 8.42 Å². The van der Waals surface area contributed by atoms with Crippen molar-refractivity contribution in [2.24, 2.45) is 0 Å². The number of aromatic nitrogens is 1. The Hall–Kier alpha value is -2.24. The van der Waals surface area contributed by atoms with Crippen LogP contribution in [0.1, 0.15) is 5.69 Å². The highest BCUT2D eigenvalue weighted by molar-refractivity contribution is 7.89. The monoisotopic (exact) mass is 298 g/mol. The minimum atomic E-state index is -3.50. The molecule has 0 atom stereocenters. The normalized spacial score (nSPS) is 11.6. The van der Waals surface area contributed by atoms with Crippen molar-refractivity contribution in [3.63, 3.8) is 0 Å². The van der Waals surface area contributed by atoms with E-state index < -0.39 is 10.0 Å². The van der Waals surface area contributed by atoms with Gasteiger partial charge in [-0.3, -0.25) is 4.98 Å². The Labute approximate surface area is 123 Å². The first-order valence-corrected chi connectivity index (χ1v) is 8.03. The molecule has 2 aromatic carbocycles. The van der Waals surface area contributed by atoms with Crippen molar-refractivity contribution >= 4 is 20.9 Å². The Kier molecular flexibility index (Phi) is 3.68. The Morgan fingerprint density at radius 2 is 1.57 bits per heavy atom. The third-order valence-corrected chi connectivity index (χ3v) is 4.57. The maximum absolute atomic E-state index is 12.1. The quantitative estimate of drug-likeness (QED) is 0.805. The topological polar surface area (TPSA) is 59.1 Å². The Morgan fingerprint density at radius 3 is 2.38 bits per heavy atom. The van der Waals surface area contributed by atoms with E-state index in [1.807, 2.05) is 36.4 Å². The van der Waals surface area contributed by atoms with E-state index in [1.165, 1.54) is 0 Å². The summed E-state index contributed by atoms with van der Waals surface area (Å²) in [7, 11) is -3.50. The van der Waals surface area contributed by atoms with Crippen LogP contribution in [0.25, 0.3) is 10.9 Å². The number of rotatable bonds is 4. The number of pyridine rings is 1. The van der Waals surface area contributed by atoms with Crippen LogP contribution < -0.4 is 4.72 Å². The molecule has 4 nitrogen and oxygen atoms in total. The summed E-state index contributed by atoms with van der Waals surface area (Å²) >= 11 is 0. The van der Waals surface area contributed by atoms with E-state index >= 15 is 0 Å². The van der Waals surface area contributed by atoms with Gasteiger partial charge in [0.25, 0.3) is 0 Å². The summed E-state index contributed by atoms with van der Waals surface area (Å²) < 4.78 is 26.8. The van der Waals surface area contributed by atoms with Gasteiger partial charge in [0.15, 0.2) is 0 Å². The molecular weight excluding hydrogens is 284 g/mol. The van der Waals surface area contributed by atoms with Crippen LogP contribution >= 0.6 is 0 Å². The van der Waals surface area contributed by atoms with Crippen LogP contribution in [-0.2, 0) is 16.6 Å². The maximum atomic E-state index is 12.1. The van der Waals surface area contributed by atoms with E-state index in [0.29, 0.717) is 5.69 Å². The molecule has 0 fully saturated rings. The van der Waals surface area contributed by atoms with Gasteiger partial charge in [-0.15, -0.1) is 0 Å². The number of nitrogens with zero attached hydrogens (tertiary/aromatic N) is 1. The number of sulfonamides is 1. The molecule has 0 unspecified atom stereocenters. The summed E-state index contributed by atoms with van der Waals surface area (Å²) in [6, 6.07) is 19.8. The molecule has 106 valence electrons. The number of para-hydroxylation sites is 1. The fraction of sp³-hybridized carbons (Fsp3) is 0.0625. The Bertz CT molecular complexity index is 862. The summed E-state index contributed by atoms with van der Waals surface area (Å²) in [5, 5.41) is 1.03. The van der Waals surface area contributed by atoms with Gasteiger partial charge in [-0.2, -0.15) is 0 Å². The van der Waals surface area contributed by atoms with Gasteiger partial charge >= 0.3 is 0 Å². The minimum absolute atomic E-state index is 0.169. The summed E-state index contributed by atoms with van der Waals surface area (Å²) in [6.45, 7) is 0.169. The van der Waals surface area contributed by atoms with E-state index in [4.69, 9.17) is 0 Å². The fourth-order valence-electron chi connectivity index (χ4n) is 2.06. The number of nitrogens with one attached hydrogen (secondary N) is 1. The molecule has 0 saturated carbocycles. The highest BCUT2D eigenvalue weighted by atomic mass is 32.2. The van der Waals surface area contributed by atoms with E-state index in [-0.39, 0.29) is 11.4 Å². The summed E-state index contributed by atoms with van der Waals surface area (Å²) in [5.74, 6) is 0. The lowest BCUT2D eigenvalue weighted by atomic mass is 10.2. The molecule has 0 radical (unpaired) electrons. The lowest BCUT2D eigenvalue weighted by molar-refractivity contribution is 0.580. The number of fused-ring (bicyclic) bond motifs is 1. The molecule has 0 saturated heterocycles. The molecule has 0 bridgehead atoms. The molecular formula is C16H14N2O2S. The van der Waals surface area contributed by atoms with Crippen LogP contribution in [0.4, 0.5) is 0 Å². The molecule has 1 heterocycles. The second kappa shape index (κ2) is 5.63. The molecule has 1 aromatic heterocycles. The van der Waals surface area contributed by atoms with Gasteiger partial charge in [0.2, 0.25) is 10.0 Å². The van der Waals surface area contributed by atoms with Crippen molar-refractivity contribution in [3.05, 3.63) is 72.4 Å². The van der Waals surface area contributed by atoms with Crippen molar-refractivity contribution in [1.29, 1.82) is 0 Å². The van der Waals surface area contributed by atoms with Crippen LogP contribution in [0, 0.1) is 0 Å². The van der Waals surface area contributed by atoms with E-state index in [9.17, 15) is 8.42 Å². The summed E-state index contributed by atoms with van der Waals surface area (Å²) in [5.41, 5.74) is 1.54. The van der Waals surface area contributed by atoms with Crippen molar-refractivity contribution in [1.82, 2.24) is 9.71 Å². The zero-order valence-electron chi connectivity index (χ0n) is 11.2. The van der Waals surface area contributed by atoms with Crippen molar-refractivity contribution in [2.45, 2.75) is 11.4 Å². The lowest BCUT2D eigenvalue weighted by Gasteiger charge is -2.07. The van der Waals surface area contributed by atoms with Crippen LogP contribution in [0.3, 0.4) is 0 Å². The predicted octanol–water partition coefficient (Wildman–Crippen LogP) is 2.71. The highest BCUT2D eigenvalue weighted by Crippen LogP contribution is 2.13. The largest absolute Gasteiger partial charge is 0.251 e. The first-order valence-electron chi connectivity index (χ1n) is 6.54. The molecule has 3 aromatic rings. The van der Waals surface area contributed by atoms with Crippen molar-refractivity contribution in [3.8, 4) is 0 Å². The van der Waals surface area contributed by atoms with Gasteiger partial charge in [0.1, 0.15) is 0 Å². The summed E-state index contributed by atoms with van der Waals surface area (Å²) in [6.07, 6.45) is 0. The average Bonchev–Trinajstić information content (AvgIpc) is 2.54. The molecule has 1 N–H and O–H groups in total. The molecule has 0 aliphatic carbocycles. The lowest BCUT2D eigenvalue weighted by Crippen LogP contribution is -2.23. The molecule has 0 amide bonds. The van der Waals surface area contributed by atoms with Gasteiger partial charge < -0.3 is 0 Å². The second-order valence-electron chi connectivity index (χ2n) is 4.63. The van der Waals surface area contributed by atoms with E-state index in [2.05, 4.69) is 9.71 Å². The number of hydrogen-bond acceptors (Lipinski definition) is 3. The number of benzene rings is 2. The van der Waals surface area contributed by atoms with Crippen LogP contribution in [-0.4, -0.2) is 13.4 Å². The molecule has 5 heteroatoms. The molecule has 3 rings (SSSR count). The standard InChI is InChI=1S/C16H14N2O2S/c19-21(20,15-7-2-1-3-8-15)17-12-14-11-10-13-6-4-5-9-16(13)18-14/h1-11,17H,12H2. The van der Waals surface area contributed by atoms with Gasteiger partial charge in [-0.25, -0.2) is 13.1 Å². The van der Waals surface area contributed by atoms with Crippen LogP contribution in [0.15, 0.2) is 71.6 Å². The summed E-state index contributed by atoms with van der Waals surface area (Å²) in [4.78, 5) is 4.70. The van der Waals surface area contributed by atoms with E-state index in [0.717, 1.165) is 10.9 Å². The first kappa shape index (κ1) is 13.7. The van der Waals surface area contributed by atoms with E-state index in [1.54, 1.807) is 30.3 Å². The maximum Gasteiger partial charge on any atom is 0.240 e. The Balaban J connectivity index is 1.80. The third-order valence-electron chi connectivity index (χ3n) is 3.15. The average molecular weight is 298 g/mol. The smallest absolute Gasteiger partial charge is 0.240 e. The Morgan fingerprint density at radius 1 is 0.857 bits per heavy atom. The van der Waals surface area contributed by atoms with Gasteiger partial charge in [0, 0.05) is 5.39 Å². The second-order valence-corrected chi connectivity index (χ2v) is 6.40.